The summed E-state index contributed by atoms with van der Waals surface area (Å²) < 4.78 is 5.40. The Morgan fingerprint density at radius 2 is 2.18 bits per heavy atom. The van der Waals surface area contributed by atoms with E-state index >= 15 is 0 Å². The smallest absolute Gasteiger partial charge is 0.258 e. The summed E-state index contributed by atoms with van der Waals surface area (Å²) in [7, 11) is 1.66. The fourth-order valence-corrected chi connectivity index (χ4v) is 2.97. The molecule has 0 fully saturated rings. The largest absolute Gasteiger partial charge is 0.377 e. The Morgan fingerprint density at radius 1 is 1.36 bits per heavy atom. The average Bonchev–Trinajstić information content (AvgIpc) is 2.54. The molecule has 1 aliphatic heterocycles. The van der Waals surface area contributed by atoms with E-state index in [1.54, 1.807) is 36.5 Å². The zero-order valence-corrected chi connectivity index (χ0v) is 13.3. The normalized spacial score (nSPS) is 15.6. The van der Waals surface area contributed by atoms with Gasteiger partial charge in [-0.15, -0.1) is 0 Å². The number of amides is 1. The lowest BCUT2D eigenvalue weighted by molar-refractivity contribution is 0.0977. The van der Waals surface area contributed by atoms with E-state index in [4.69, 9.17) is 16.3 Å². The maximum Gasteiger partial charge on any atom is 0.258 e. The van der Waals surface area contributed by atoms with Crippen molar-refractivity contribution in [3.8, 4) is 0 Å². The third-order valence-corrected chi connectivity index (χ3v) is 4.30. The van der Waals surface area contributed by atoms with Crippen molar-refractivity contribution in [2.45, 2.75) is 19.4 Å². The molecule has 1 unspecified atom stereocenters. The molecule has 2 heterocycles. The van der Waals surface area contributed by atoms with Crippen molar-refractivity contribution in [3.05, 3.63) is 58.4 Å². The maximum absolute atomic E-state index is 12.8. The standard InChI is InChI=1S/C17H17ClN2O2/c1-11(22-2)14-5-7-19-10-16(14)20-8-6-12-9-13(18)3-4-15(12)17(20)21/h3-5,7,9-11H,6,8H2,1-2H3. The van der Waals surface area contributed by atoms with Crippen LogP contribution >= 0.6 is 11.6 Å². The van der Waals surface area contributed by atoms with Crippen LogP contribution in [0.5, 0.6) is 0 Å². The van der Waals surface area contributed by atoms with Crippen LogP contribution in [0, 0.1) is 0 Å². The summed E-state index contributed by atoms with van der Waals surface area (Å²) in [6.45, 7) is 2.57. The highest BCUT2D eigenvalue weighted by Gasteiger charge is 2.28. The first-order valence-electron chi connectivity index (χ1n) is 7.19. The van der Waals surface area contributed by atoms with Crippen LogP contribution in [0.25, 0.3) is 0 Å². The summed E-state index contributed by atoms with van der Waals surface area (Å²) >= 11 is 6.01. The van der Waals surface area contributed by atoms with Crippen molar-refractivity contribution in [2.24, 2.45) is 0 Å². The van der Waals surface area contributed by atoms with Crippen molar-refractivity contribution in [1.82, 2.24) is 4.98 Å². The molecule has 2 aromatic rings. The van der Waals surface area contributed by atoms with E-state index in [2.05, 4.69) is 4.98 Å². The molecule has 1 aliphatic rings. The minimum atomic E-state index is -0.0996. The molecule has 1 atom stereocenters. The lowest BCUT2D eigenvalue weighted by Gasteiger charge is -2.30. The van der Waals surface area contributed by atoms with Gasteiger partial charge in [-0.25, -0.2) is 0 Å². The number of aromatic nitrogens is 1. The van der Waals surface area contributed by atoms with E-state index < -0.39 is 0 Å². The molecule has 3 rings (SSSR count). The maximum atomic E-state index is 12.8. The van der Waals surface area contributed by atoms with Crippen LogP contribution in [0.2, 0.25) is 5.02 Å². The predicted molar refractivity (Wildman–Crippen MR) is 86.5 cm³/mol. The van der Waals surface area contributed by atoms with Crippen molar-refractivity contribution in [2.75, 3.05) is 18.6 Å². The molecule has 22 heavy (non-hydrogen) atoms. The fraction of sp³-hybridized carbons (Fsp3) is 0.294. The molecule has 0 aliphatic carbocycles. The number of ether oxygens (including phenoxy) is 1. The van der Waals surface area contributed by atoms with Gasteiger partial charge < -0.3 is 9.64 Å². The van der Waals surface area contributed by atoms with Gasteiger partial charge in [-0.1, -0.05) is 11.6 Å². The lowest BCUT2D eigenvalue weighted by atomic mass is 9.97. The molecule has 0 N–H and O–H groups in total. The number of benzene rings is 1. The average molecular weight is 317 g/mol. The molecule has 1 aromatic heterocycles. The highest BCUT2D eigenvalue weighted by atomic mass is 35.5. The highest BCUT2D eigenvalue weighted by Crippen LogP contribution is 2.31. The number of rotatable bonds is 3. The number of carbonyl (C=O) groups excluding carboxylic acids is 1. The third kappa shape index (κ3) is 2.60. The van der Waals surface area contributed by atoms with Gasteiger partial charge in [0.15, 0.2) is 0 Å². The summed E-state index contributed by atoms with van der Waals surface area (Å²) in [4.78, 5) is 18.7. The first-order chi connectivity index (χ1) is 10.6. The zero-order chi connectivity index (χ0) is 15.7. The van der Waals surface area contributed by atoms with Gasteiger partial charge in [0.25, 0.3) is 5.91 Å². The first-order valence-corrected chi connectivity index (χ1v) is 7.56. The van der Waals surface area contributed by atoms with Gasteiger partial charge in [-0.05, 0) is 43.2 Å². The van der Waals surface area contributed by atoms with Crippen LogP contribution < -0.4 is 4.90 Å². The molecule has 4 nitrogen and oxygen atoms in total. The minimum Gasteiger partial charge on any atom is -0.377 e. The topological polar surface area (TPSA) is 42.4 Å². The lowest BCUT2D eigenvalue weighted by Crippen LogP contribution is -2.38. The van der Waals surface area contributed by atoms with E-state index in [1.165, 1.54) is 0 Å². The quantitative estimate of drug-likeness (QED) is 0.868. The summed E-state index contributed by atoms with van der Waals surface area (Å²) in [6.07, 6.45) is 4.12. The monoisotopic (exact) mass is 316 g/mol. The Hall–Kier alpha value is -1.91. The molecule has 0 saturated heterocycles. The van der Waals surface area contributed by atoms with Gasteiger partial charge in [0.1, 0.15) is 0 Å². The number of carbonyl (C=O) groups is 1. The van der Waals surface area contributed by atoms with Crippen LogP contribution in [0.4, 0.5) is 5.69 Å². The molecular weight excluding hydrogens is 300 g/mol. The molecule has 0 spiro atoms. The van der Waals surface area contributed by atoms with Gasteiger partial charge in [0.2, 0.25) is 0 Å². The highest BCUT2D eigenvalue weighted by molar-refractivity contribution is 6.30. The number of nitrogens with zero attached hydrogens (tertiary/aromatic N) is 2. The van der Waals surface area contributed by atoms with Gasteiger partial charge in [-0.2, -0.15) is 0 Å². The number of methoxy groups -OCH3 is 1. The van der Waals surface area contributed by atoms with E-state index in [9.17, 15) is 4.79 Å². The first kappa shape index (κ1) is 15.0. The molecule has 1 amide bonds. The second-order valence-corrected chi connectivity index (χ2v) is 5.76. The number of fused-ring (bicyclic) bond motifs is 1. The van der Waals surface area contributed by atoms with E-state index in [1.807, 2.05) is 19.1 Å². The zero-order valence-electron chi connectivity index (χ0n) is 12.5. The second-order valence-electron chi connectivity index (χ2n) is 5.32. The Labute approximate surface area is 134 Å². The van der Waals surface area contributed by atoms with Gasteiger partial charge in [0.05, 0.1) is 18.0 Å². The van der Waals surface area contributed by atoms with Crippen LogP contribution in [-0.4, -0.2) is 24.5 Å². The van der Waals surface area contributed by atoms with Crippen molar-refractivity contribution in [1.29, 1.82) is 0 Å². The predicted octanol–water partition coefficient (Wildman–Crippen LogP) is 3.65. The Morgan fingerprint density at radius 3 is 2.95 bits per heavy atom. The molecule has 5 heteroatoms. The van der Waals surface area contributed by atoms with Crippen LogP contribution in [0.15, 0.2) is 36.7 Å². The van der Waals surface area contributed by atoms with E-state index in [0.717, 1.165) is 23.2 Å². The number of pyridine rings is 1. The number of hydrogen-bond donors (Lipinski definition) is 0. The van der Waals surface area contributed by atoms with Crippen LogP contribution in [0.3, 0.4) is 0 Å². The number of anilines is 1. The van der Waals surface area contributed by atoms with Gasteiger partial charge >= 0.3 is 0 Å². The number of halogens is 1. The Kier molecular flexibility index (Phi) is 4.14. The fourth-order valence-electron chi connectivity index (χ4n) is 2.78. The van der Waals surface area contributed by atoms with Crippen molar-refractivity contribution >= 4 is 23.2 Å². The molecular formula is C17H17ClN2O2. The van der Waals surface area contributed by atoms with E-state index in [-0.39, 0.29) is 12.0 Å². The third-order valence-electron chi connectivity index (χ3n) is 4.06. The molecule has 1 aromatic carbocycles. The SMILES string of the molecule is COC(C)c1ccncc1N1CCc2cc(Cl)ccc2C1=O. The summed E-state index contributed by atoms with van der Waals surface area (Å²) in [5.41, 5.74) is 3.47. The van der Waals surface area contributed by atoms with Gasteiger partial charge in [0, 0.05) is 36.0 Å². The summed E-state index contributed by atoms with van der Waals surface area (Å²) in [5, 5.41) is 0.662. The Bertz CT molecular complexity index is 718. The van der Waals surface area contributed by atoms with Crippen LogP contribution in [-0.2, 0) is 11.2 Å². The molecule has 0 bridgehead atoms. The minimum absolute atomic E-state index is 0.0181. The second kappa shape index (κ2) is 6.07. The summed E-state index contributed by atoms with van der Waals surface area (Å²) in [5.74, 6) is -0.0181. The molecule has 0 saturated carbocycles. The molecule has 114 valence electrons. The number of hydrogen-bond acceptors (Lipinski definition) is 3. The van der Waals surface area contributed by atoms with Crippen molar-refractivity contribution in [3.63, 3.8) is 0 Å². The van der Waals surface area contributed by atoms with Gasteiger partial charge in [-0.3, -0.25) is 9.78 Å². The Balaban J connectivity index is 2.01. The molecule has 0 radical (unpaired) electrons. The van der Waals surface area contributed by atoms with Crippen molar-refractivity contribution < 1.29 is 9.53 Å². The van der Waals surface area contributed by atoms with Crippen LogP contribution in [0.1, 0.15) is 34.5 Å². The van der Waals surface area contributed by atoms with E-state index in [0.29, 0.717) is 17.1 Å². The summed E-state index contributed by atoms with van der Waals surface area (Å²) in [6, 6.07) is 7.31.